The minimum atomic E-state index is -0.406. The van der Waals surface area contributed by atoms with Crippen molar-refractivity contribution in [2.24, 2.45) is 0 Å². The van der Waals surface area contributed by atoms with Gasteiger partial charge in [0.25, 0.3) is 0 Å². The molecule has 0 radical (unpaired) electrons. The first-order valence-corrected chi connectivity index (χ1v) is 17.4. The summed E-state index contributed by atoms with van der Waals surface area (Å²) in [5.41, 5.74) is 9.78. The number of rotatable bonds is 4. The summed E-state index contributed by atoms with van der Waals surface area (Å²) in [6.45, 7) is 0. The Labute approximate surface area is 307 Å². The van der Waals surface area contributed by atoms with Gasteiger partial charge in [0.15, 0.2) is 0 Å². The van der Waals surface area contributed by atoms with Crippen LogP contribution in [0, 0.1) is 0 Å². The van der Waals surface area contributed by atoms with Gasteiger partial charge < -0.3 is 8.98 Å². The van der Waals surface area contributed by atoms with Gasteiger partial charge in [-0.1, -0.05) is 152 Å². The van der Waals surface area contributed by atoms with E-state index in [9.17, 15) is 0 Å². The van der Waals surface area contributed by atoms with Crippen LogP contribution >= 0.6 is 0 Å². The molecule has 52 heavy (non-hydrogen) atoms. The number of hydrogen-bond acceptors (Lipinski definition) is 1. The van der Waals surface area contributed by atoms with Gasteiger partial charge in [0.2, 0.25) is 0 Å². The van der Waals surface area contributed by atoms with E-state index >= 15 is 0 Å². The molecule has 9 aromatic carbocycles. The minimum absolute atomic E-state index is 0.197. The van der Waals surface area contributed by atoms with E-state index in [0.29, 0.717) is 5.56 Å². The van der Waals surface area contributed by atoms with Crippen molar-refractivity contribution in [2.75, 3.05) is 0 Å². The zero-order valence-corrected chi connectivity index (χ0v) is 27.9. The van der Waals surface area contributed by atoms with E-state index < -0.39 is 6.04 Å². The van der Waals surface area contributed by atoms with E-state index in [1.165, 1.54) is 10.8 Å². The third-order valence-corrected chi connectivity index (χ3v) is 10.5. The predicted molar refractivity (Wildman–Crippen MR) is 219 cm³/mol. The van der Waals surface area contributed by atoms with E-state index in [1.807, 2.05) is 48.5 Å². The standard InChI is InChI=1S/C50H31NO/c1-2-15-32(16-3-1)47-37-21-4-6-23-39(37)48(40-24-7-5-22-38(40)47)33-17-14-18-34(31-33)49-44(29-30-46-50(49)41-25-10-13-28-45(41)52-46)51-42-26-11-8-19-35(42)36-20-9-12-27-43(36)51/h1-31H/i1D,2D,3D,15D,16D. The molecule has 0 amide bonds. The number of para-hydroxylation sites is 3. The molecule has 0 fully saturated rings. The molecule has 0 bridgehead atoms. The van der Waals surface area contributed by atoms with Crippen molar-refractivity contribution in [3.05, 3.63) is 188 Å². The highest BCUT2D eigenvalue weighted by atomic mass is 16.3. The fraction of sp³-hybridized carbons (Fsp3) is 0. The molecule has 0 aliphatic heterocycles. The average Bonchev–Trinajstić information content (AvgIpc) is 3.80. The molecule has 242 valence electrons. The van der Waals surface area contributed by atoms with Crippen molar-refractivity contribution in [1.82, 2.24) is 4.57 Å². The van der Waals surface area contributed by atoms with Crippen LogP contribution in [-0.4, -0.2) is 4.57 Å². The van der Waals surface area contributed by atoms with Gasteiger partial charge in [0, 0.05) is 27.1 Å². The summed E-state index contributed by atoms with van der Waals surface area (Å²) in [5, 5.41) is 7.90. The van der Waals surface area contributed by atoms with Gasteiger partial charge in [-0.05, 0) is 85.8 Å². The molecule has 0 atom stereocenters. The molecule has 0 aliphatic carbocycles. The number of nitrogens with zero attached hydrogens (tertiary/aromatic N) is 1. The number of aromatic nitrogens is 1. The van der Waals surface area contributed by atoms with Crippen molar-refractivity contribution in [3.8, 4) is 39.1 Å². The van der Waals surface area contributed by atoms with E-state index in [1.54, 1.807) is 0 Å². The summed E-state index contributed by atoms with van der Waals surface area (Å²) >= 11 is 0. The van der Waals surface area contributed by atoms with Gasteiger partial charge >= 0.3 is 0 Å². The Bertz CT molecular complexity index is 3350. The molecular formula is C50H31NO. The third-order valence-electron chi connectivity index (χ3n) is 10.5. The summed E-state index contributed by atoms with van der Waals surface area (Å²) in [4.78, 5) is 0. The molecule has 0 spiro atoms. The lowest BCUT2D eigenvalue weighted by atomic mass is 9.85. The van der Waals surface area contributed by atoms with Crippen molar-refractivity contribution >= 4 is 65.3 Å². The summed E-state index contributed by atoms with van der Waals surface area (Å²) in [6, 6.07) is 52.7. The third kappa shape index (κ3) is 4.19. The summed E-state index contributed by atoms with van der Waals surface area (Å²) in [7, 11) is 0. The Kier molecular flexibility index (Phi) is 5.28. The average molecular weight is 667 g/mol. The lowest BCUT2D eigenvalue weighted by Gasteiger charge is -2.19. The molecule has 0 N–H and O–H groups in total. The maximum absolute atomic E-state index is 8.97. The molecular weight excluding hydrogens is 631 g/mol. The second-order valence-corrected chi connectivity index (χ2v) is 13.2. The second-order valence-electron chi connectivity index (χ2n) is 13.2. The fourth-order valence-electron chi connectivity index (χ4n) is 8.38. The quantitative estimate of drug-likeness (QED) is 0.171. The molecule has 0 saturated carbocycles. The van der Waals surface area contributed by atoms with Crippen LogP contribution in [0.2, 0.25) is 0 Å². The molecule has 0 saturated heterocycles. The SMILES string of the molecule is [2H]c1c([2H])c([2H])c(-c2c3ccccc3c(-c3cccc(-c4c(-n5c6ccccc6c6ccccc65)ccc5oc6ccccc6c45)c3)c3ccccc23)c([2H])c1[2H]. The maximum Gasteiger partial charge on any atom is 0.136 e. The Balaban J connectivity index is 1.24. The zero-order chi connectivity index (χ0) is 38.5. The van der Waals surface area contributed by atoms with Crippen LogP contribution in [0.5, 0.6) is 0 Å². The Hall–Kier alpha value is -6.90. The van der Waals surface area contributed by atoms with Crippen LogP contribution in [0.25, 0.3) is 104 Å². The highest BCUT2D eigenvalue weighted by Gasteiger charge is 2.22. The van der Waals surface area contributed by atoms with Crippen LogP contribution < -0.4 is 0 Å². The predicted octanol–water partition coefficient (Wildman–Crippen LogP) is 14.0. The van der Waals surface area contributed by atoms with Gasteiger partial charge in [-0.3, -0.25) is 0 Å². The van der Waals surface area contributed by atoms with Crippen LogP contribution in [0.15, 0.2) is 192 Å². The second kappa shape index (κ2) is 11.3. The zero-order valence-electron chi connectivity index (χ0n) is 32.9. The largest absolute Gasteiger partial charge is 0.456 e. The van der Waals surface area contributed by atoms with E-state index in [2.05, 4.69) is 114 Å². The Morgan fingerprint density at radius 1 is 0.385 bits per heavy atom. The van der Waals surface area contributed by atoms with E-state index in [4.69, 9.17) is 11.3 Å². The smallest absolute Gasteiger partial charge is 0.136 e. The number of hydrogen-bond donors (Lipinski definition) is 0. The van der Waals surface area contributed by atoms with Gasteiger partial charge in [-0.2, -0.15) is 0 Å². The highest BCUT2D eigenvalue weighted by Crippen LogP contribution is 2.47. The van der Waals surface area contributed by atoms with Crippen LogP contribution in [0.4, 0.5) is 0 Å². The highest BCUT2D eigenvalue weighted by molar-refractivity contribution is 6.22. The van der Waals surface area contributed by atoms with E-state index in [0.717, 1.165) is 82.5 Å². The summed E-state index contributed by atoms with van der Waals surface area (Å²) in [6.07, 6.45) is 0. The monoisotopic (exact) mass is 666 g/mol. The Morgan fingerprint density at radius 2 is 0.885 bits per heavy atom. The summed E-state index contributed by atoms with van der Waals surface area (Å²) < 4.78 is 52.2. The van der Waals surface area contributed by atoms with Gasteiger partial charge in [-0.15, -0.1) is 0 Å². The lowest BCUT2D eigenvalue weighted by molar-refractivity contribution is 0.669. The van der Waals surface area contributed by atoms with Gasteiger partial charge in [0.1, 0.15) is 11.2 Å². The first-order chi connectivity index (χ1) is 27.9. The molecule has 11 rings (SSSR count). The topological polar surface area (TPSA) is 18.1 Å². The molecule has 0 aliphatic rings. The molecule has 11 aromatic rings. The first kappa shape index (κ1) is 24.3. The van der Waals surface area contributed by atoms with Crippen molar-refractivity contribution < 1.29 is 11.3 Å². The fourth-order valence-corrected chi connectivity index (χ4v) is 8.38. The first-order valence-electron chi connectivity index (χ1n) is 19.9. The number of furan rings is 1. The maximum atomic E-state index is 8.97. The molecule has 2 nitrogen and oxygen atoms in total. The molecule has 0 unspecified atom stereocenters. The molecule has 2 heterocycles. The lowest BCUT2D eigenvalue weighted by Crippen LogP contribution is -1.98. The minimum Gasteiger partial charge on any atom is -0.456 e. The van der Waals surface area contributed by atoms with Crippen molar-refractivity contribution in [3.63, 3.8) is 0 Å². The van der Waals surface area contributed by atoms with Crippen LogP contribution in [0.1, 0.15) is 6.85 Å². The molecule has 2 heteroatoms. The van der Waals surface area contributed by atoms with Gasteiger partial charge in [0.05, 0.1) is 23.6 Å². The van der Waals surface area contributed by atoms with Crippen molar-refractivity contribution in [2.45, 2.75) is 0 Å². The van der Waals surface area contributed by atoms with Crippen LogP contribution in [0.3, 0.4) is 0 Å². The number of benzene rings is 9. The summed E-state index contributed by atoms with van der Waals surface area (Å²) in [5.74, 6) is 0. The van der Waals surface area contributed by atoms with Gasteiger partial charge in [-0.25, -0.2) is 0 Å². The van der Waals surface area contributed by atoms with E-state index in [-0.39, 0.29) is 29.7 Å². The van der Waals surface area contributed by atoms with Crippen LogP contribution in [-0.2, 0) is 0 Å². The number of fused-ring (bicyclic) bond motifs is 8. The van der Waals surface area contributed by atoms with Crippen molar-refractivity contribution in [1.29, 1.82) is 0 Å². The normalized spacial score (nSPS) is 13.2. The Morgan fingerprint density at radius 3 is 1.50 bits per heavy atom. The molecule has 2 aromatic heterocycles.